The van der Waals surface area contributed by atoms with Gasteiger partial charge in [0, 0.05) is 23.2 Å². The standard InChI is InChI=1S/C18H18N4O4S4/c1-12(23)13-5-7-15(8-6-13)30(25,26)22(2)10-16(24)19-17-20-21-18(29-17)28-11-14-4-3-9-27-14/h3-9H,10-11H2,1-2H3,(H,19,20,24). The molecule has 1 N–H and O–H groups in total. The Labute approximate surface area is 186 Å². The second-order valence-corrected chi connectivity index (χ2v) is 11.4. The Hall–Kier alpha value is -2.12. The molecular weight excluding hydrogens is 464 g/mol. The van der Waals surface area contributed by atoms with Gasteiger partial charge in [-0.2, -0.15) is 4.31 Å². The fourth-order valence-electron chi connectivity index (χ4n) is 2.33. The van der Waals surface area contributed by atoms with Crippen molar-refractivity contribution >= 4 is 61.3 Å². The van der Waals surface area contributed by atoms with Crippen molar-refractivity contribution < 1.29 is 18.0 Å². The van der Waals surface area contributed by atoms with Gasteiger partial charge in [-0.1, -0.05) is 41.3 Å². The van der Waals surface area contributed by atoms with Gasteiger partial charge in [-0.3, -0.25) is 14.9 Å². The lowest BCUT2D eigenvalue weighted by atomic mass is 10.2. The molecular formula is C18H18N4O4S4. The van der Waals surface area contributed by atoms with E-state index in [1.807, 2.05) is 17.5 Å². The van der Waals surface area contributed by atoms with E-state index in [0.29, 0.717) is 15.0 Å². The van der Waals surface area contributed by atoms with Gasteiger partial charge in [-0.25, -0.2) is 8.42 Å². The van der Waals surface area contributed by atoms with E-state index < -0.39 is 15.9 Å². The van der Waals surface area contributed by atoms with E-state index in [-0.39, 0.29) is 17.2 Å². The van der Waals surface area contributed by atoms with Crippen LogP contribution in [0.25, 0.3) is 0 Å². The third-order valence-electron chi connectivity index (χ3n) is 3.91. The lowest BCUT2D eigenvalue weighted by Crippen LogP contribution is -2.35. The SMILES string of the molecule is CC(=O)c1ccc(S(=O)(=O)N(C)CC(=O)Nc2nnc(SCc3cccs3)s2)cc1. The summed E-state index contributed by atoms with van der Waals surface area (Å²) >= 11 is 4.41. The topological polar surface area (TPSA) is 109 Å². The fourth-order valence-corrected chi connectivity index (χ4v) is 6.00. The molecule has 2 heterocycles. The maximum Gasteiger partial charge on any atom is 0.243 e. The maximum absolute atomic E-state index is 12.6. The maximum atomic E-state index is 12.6. The van der Waals surface area contributed by atoms with Crippen LogP contribution in [0, 0.1) is 0 Å². The number of hydrogen-bond acceptors (Lipinski definition) is 9. The van der Waals surface area contributed by atoms with Gasteiger partial charge in [0.25, 0.3) is 0 Å². The first-order chi connectivity index (χ1) is 14.3. The summed E-state index contributed by atoms with van der Waals surface area (Å²) < 4.78 is 26.9. The van der Waals surface area contributed by atoms with Crippen LogP contribution in [0.1, 0.15) is 22.2 Å². The first-order valence-corrected chi connectivity index (χ1v) is 12.7. The molecule has 0 saturated carbocycles. The number of amides is 1. The van der Waals surface area contributed by atoms with Crippen LogP contribution in [0.4, 0.5) is 5.13 Å². The van der Waals surface area contributed by atoms with Crippen molar-refractivity contribution in [1.82, 2.24) is 14.5 Å². The van der Waals surface area contributed by atoms with Gasteiger partial charge in [-0.05, 0) is 30.5 Å². The zero-order valence-electron chi connectivity index (χ0n) is 16.1. The number of carbonyl (C=O) groups excluding carboxylic acids is 2. The van der Waals surface area contributed by atoms with Crippen LogP contribution < -0.4 is 5.32 Å². The average molecular weight is 483 g/mol. The van der Waals surface area contributed by atoms with Gasteiger partial charge < -0.3 is 0 Å². The number of Topliss-reactive ketones (excluding diaryl/α,β-unsaturated/α-hetero) is 1. The van der Waals surface area contributed by atoms with E-state index in [1.165, 1.54) is 66.2 Å². The summed E-state index contributed by atoms with van der Waals surface area (Å²) in [6.45, 7) is 1.02. The number of rotatable bonds is 9. The molecule has 12 heteroatoms. The van der Waals surface area contributed by atoms with Crippen LogP contribution in [0.2, 0.25) is 0 Å². The second kappa shape index (κ2) is 9.79. The lowest BCUT2D eigenvalue weighted by Gasteiger charge is -2.16. The van der Waals surface area contributed by atoms with Crippen LogP contribution >= 0.6 is 34.4 Å². The van der Waals surface area contributed by atoms with Crippen molar-refractivity contribution in [3.63, 3.8) is 0 Å². The Morgan fingerprint density at radius 1 is 1.17 bits per heavy atom. The van der Waals surface area contributed by atoms with Crippen LogP contribution in [-0.2, 0) is 20.6 Å². The number of thioether (sulfide) groups is 1. The van der Waals surface area contributed by atoms with Gasteiger partial charge in [0.15, 0.2) is 10.1 Å². The summed E-state index contributed by atoms with van der Waals surface area (Å²) in [4.78, 5) is 24.8. The number of thiophene rings is 1. The molecule has 0 spiro atoms. The van der Waals surface area contributed by atoms with E-state index >= 15 is 0 Å². The molecule has 1 amide bonds. The summed E-state index contributed by atoms with van der Waals surface area (Å²) in [5.41, 5.74) is 0.415. The number of anilines is 1. The number of ketones is 1. The molecule has 0 aliphatic carbocycles. The number of carbonyl (C=O) groups is 2. The van der Waals surface area contributed by atoms with Gasteiger partial charge >= 0.3 is 0 Å². The number of hydrogen-bond donors (Lipinski definition) is 1. The van der Waals surface area contributed by atoms with Crippen LogP contribution in [-0.4, -0.2) is 48.2 Å². The predicted octanol–water partition coefficient (Wildman–Crippen LogP) is 3.35. The highest BCUT2D eigenvalue weighted by atomic mass is 32.2. The third kappa shape index (κ3) is 5.73. The van der Waals surface area contributed by atoms with E-state index in [9.17, 15) is 18.0 Å². The van der Waals surface area contributed by atoms with E-state index in [0.717, 1.165) is 10.1 Å². The molecule has 1 aromatic carbocycles. The highest BCUT2D eigenvalue weighted by Gasteiger charge is 2.23. The Morgan fingerprint density at radius 3 is 2.53 bits per heavy atom. The number of benzene rings is 1. The van der Waals surface area contributed by atoms with Crippen LogP contribution in [0.15, 0.2) is 51.0 Å². The van der Waals surface area contributed by atoms with E-state index in [2.05, 4.69) is 15.5 Å². The number of sulfonamides is 1. The Kier molecular flexibility index (Phi) is 7.36. The van der Waals surface area contributed by atoms with E-state index in [1.54, 1.807) is 11.3 Å². The minimum atomic E-state index is -3.87. The molecule has 3 aromatic rings. The normalized spacial score (nSPS) is 11.6. The number of nitrogens with zero attached hydrogens (tertiary/aromatic N) is 3. The summed E-state index contributed by atoms with van der Waals surface area (Å²) in [6, 6.07) is 9.60. The predicted molar refractivity (Wildman–Crippen MR) is 119 cm³/mol. The Bertz CT molecular complexity index is 1130. The summed E-state index contributed by atoms with van der Waals surface area (Å²) in [5.74, 6) is 0.0907. The summed E-state index contributed by atoms with van der Waals surface area (Å²) in [7, 11) is -2.56. The molecule has 0 fully saturated rings. The molecule has 0 aliphatic heterocycles. The average Bonchev–Trinajstić information content (AvgIpc) is 3.38. The molecule has 30 heavy (non-hydrogen) atoms. The minimum absolute atomic E-state index is 0.00554. The first-order valence-electron chi connectivity index (χ1n) is 8.61. The summed E-state index contributed by atoms with van der Waals surface area (Å²) in [6.07, 6.45) is 0. The van der Waals surface area contributed by atoms with Gasteiger partial charge in [0.05, 0.1) is 11.4 Å². The van der Waals surface area contributed by atoms with Crippen molar-refractivity contribution in [3.05, 3.63) is 52.2 Å². The van der Waals surface area contributed by atoms with E-state index in [4.69, 9.17) is 0 Å². The monoisotopic (exact) mass is 482 g/mol. The second-order valence-electron chi connectivity index (χ2n) is 6.13. The molecule has 0 aliphatic rings. The number of nitrogens with one attached hydrogen (secondary N) is 1. The van der Waals surface area contributed by atoms with Crippen molar-refractivity contribution in [2.75, 3.05) is 18.9 Å². The molecule has 158 valence electrons. The highest BCUT2D eigenvalue weighted by molar-refractivity contribution is 8.00. The zero-order chi connectivity index (χ0) is 21.7. The minimum Gasteiger partial charge on any atom is -0.299 e. The molecule has 0 unspecified atom stereocenters. The van der Waals surface area contributed by atoms with Crippen molar-refractivity contribution in [2.45, 2.75) is 21.9 Å². The van der Waals surface area contributed by atoms with Gasteiger partial charge in [0.1, 0.15) is 0 Å². The van der Waals surface area contributed by atoms with Gasteiger partial charge in [-0.15, -0.1) is 21.5 Å². The van der Waals surface area contributed by atoms with Crippen molar-refractivity contribution in [1.29, 1.82) is 0 Å². The third-order valence-corrected chi connectivity index (χ3v) is 8.80. The Balaban J connectivity index is 1.56. The molecule has 0 radical (unpaired) electrons. The van der Waals surface area contributed by atoms with Crippen LogP contribution in [0.3, 0.4) is 0 Å². The smallest absolute Gasteiger partial charge is 0.243 e. The summed E-state index contributed by atoms with van der Waals surface area (Å²) in [5, 5.41) is 12.9. The van der Waals surface area contributed by atoms with Crippen molar-refractivity contribution in [2.24, 2.45) is 0 Å². The first kappa shape index (κ1) is 22.6. The molecule has 0 atom stereocenters. The fraction of sp³-hybridized carbons (Fsp3) is 0.222. The largest absolute Gasteiger partial charge is 0.299 e. The quantitative estimate of drug-likeness (QED) is 0.283. The molecule has 0 saturated heterocycles. The molecule has 8 nitrogen and oxygen atoms in total. The number of aromatic nitrogens is 2. The van der Waals surface area contributed by atoms with Crippen molar-refractivity contribution in [3.8, 4) is 0 Å². The zero-order valence-corrected chi connectivity index (χ0v) is 19.3. The molecule has 3 rings (SSSR count). The highest BCUT2D eigenvalue weighted by Crippen LogP contribution is 2.29. The molecule has 0 bridgehead atoms. The Morgan fingerprint density at radius 2 is 1.90 bits per heavy atom. The number of likely N-dealkylation sites (N-methyl/N-ethyl adjacent to an activating group) is 1. The van der Waals surface area contributed by atoms with Crippen LogP contribution in [0.5, 0.6) is 0 Å². The lowest BCUT2D eigenvalue weighted by molar-refractivity contribution is -0.116. The molecule has 2 aromatic heterocycles. The van der Waals surface area contributed by atoms with Gasteiger partial charge in [0.2, 0.25) is 21.1 Å².